The number of nitrogens with zero attached hydrogens (tertiary/aromatic N) is 2. The number of nitrogens with one attached hydrogen (secondary N) is 1. The predicted molar refractivity (Wildman–Crippen MR) is 126 cm³/mol. The molecule has 0 unspecified atom stereocenters. The van der Waals surface area contributed by atoms with Crippen molar-refractivity contribution in [2.24, 2.45) is 0 Å². The maximum atomic E-state index is 13.3. The molecule has 1 aliphatic rings. The second kappa shape index (κ2) is 8.97. The van der Waals surface area contributed by atoms with Crippen LogP contribution >= 0.6 is 23.4 Å². The van der Waals surface area contributed by atoms with Crippen LogP contribution in [0.2, 0.25) is 5.02 Å². The number of hydrogen-bond acceptors (Lipinski definition) is 6. The first kappa shape index (κ1) is 21.1. The van der Waals surface area contributed by atoms with Gasteiger partial charge in [-0.15, -0.1) is 0 Å². The zero-order chi connectivity index (χ0) is 22.1. The summed E-state index contributed by atoms with van der Waals surface area (Å²) in [5, 5.41) is 4.49. The van der Waals surface area contributed by atoms with E-state index >= 15 is 0 Å². The fraction of sp³-hybridized carbons (Fsp3) is 0.261. The summed E-state index contributed by atoms with van der Waals surface area (Å²) in [5.74, 6) is -0.164. The van der Waals surface area contributed by atoms with Crippen molar-refractivity contribution in [1.29, 1.82) is 0 Å². The van der Waals surface area contributed by atoms with Crippen LogP contribution in [0.5, 0.6) is 0 Å². The highest BCUT2D eigenvalue weighted by Gasteiger charge is 2.23. The average molecular weight is 470 g/mol. The van der Waals surface area contributed by atoms with Crippen LogP contribution < -0.4 is 10.9 Å². The molecule has 1 amide bonds. The molecule has 0 spiro atoms. The number of anilines is 1. The first-order valence-corrected chi connectivity index (χ1v) is 11.7. The van der Waals surface area contributed by atoms with Gasteiger partial charge in [0.1, 0.15) is 11.1 Å². The van der Waals surface area contributed by atoms with Crippen molar-refractivity contribution in [1.82, 2.24) is 9.55 Å². The number of rotatable bonds is 6. The Morgan fingerprint density at radius 2 is 2.03 bits per heavy atom. The first-order valence-electron chi connectivity index (χ1n) is 10.3. The summed E-state index contributed by atoms with van der Waals surface area (Å²) < 4.78 is 13.1. The van der Waals surface area contributed by atoms with Gasteiger partial charge in [-0.1, -0.05) is 47.6 Å². The zero-order valence-electron chi connectivity index (χ0n) is 17.0. The number of thioether (sulfide) groups is 1. The van der Waals surface area contributed by atoms with E-state index in [9.17, 15) is 9.59 Å². The Morgan fingerprint density at radius 1 is 1.22 bits per heavy atom. The van der Waals surface area contributed by atoms with E-state index in [2.05, 4.69) is 5.32 Å². The van der Waals surface area contributed by atoms with Crippen LogP contribution in [0.4, 0.5) is 5.69 Å². The summed E-state index contributed by atoms with van der Waals surface area (Å²) in [7, 11) is 0. The molecule has 3 heterocycles. The van der Waals surface area contributed by atoms with Crippen molar-refractivity contribution in [2.75, 3.05) is 17.7 Å². The third-order valence-corrected chi connectivity index (χ3v) is 6.64. The van der Waals surface area contributed by atoms with Crippen molar-refractivity contribution < 1.29 is 13.9 Å². The highest BCUT2D eigenvalue weighted by Crippen LogP contribution is 2.28. The molecule has 0 bridgehead atoms. The highest BCUT2D eigenvalue weighted by molar-refractivity contribution is 7.99. The molecular formula is C23H20ClN3O4S. The van der Waals surface area contributed by atoms with Gasteiger partial charge >= 0.3 is 0 Å². The van der Waals surface area contributed by atoms with Crippen molar-refractivity contribution >= 4 is 57.0 Å². The van der Waals surface area contributed by atoms with E-state index in [4.69, 9.17) is 25.7 Å². The standard InChI is InChI=1S/C23H20ClN3O4S/c24-16-8-2-3-9-17(16)25-19(28)13-32-23-26-20-15-7-1-4-10-18(15)31-21(20)22(29)27(23)12-14-6-5-11-30-14/h1-4,7-10,14H,5-6,11-13H2,(H,25,28)/t14-/m0/s1. The molecule has 0 radical (unpaired) electrons. The summed E-state index contributed by atoms with van der Waals surface area (Å²) in [6.07, 6.45) is 1.78. The topological polar surface area (TPSA) is 86.4 Å². The first-order chi connectivity index (χ1) is 15.6. The Morgan fingerprint density at radius 3 is 2.84 bits per heavy atom. The number of para-hydroxylation sites is 2. The number of fused-ring (bicyclic) bond motifs is 3. The minimum atomic E-state index is -0.268. The van der Waals surface area contributed by atoms with Crippen molar-refractivity contribution in [3.05, 3.63) is 63.9 Å². The lowest BCUT2D eigenvalue weighted by Gasteiger charge is -2.15. The lowest BCUT2D eigenvalue weighted by molar-refractivity contribution is -0.113. The molecule has 1 N–H and O–H groups in total. The van der Waals surface area contributed by atoms with Crippen LogP contribution in [0.25, 0.3) is 22.1 Å². The molecule has 32 heavy (non-hydrogen) atoms. The van der Waals surface area contributed by atoms with Crippen LogP contribution in [-0.2, 0) is 16.1 Å². The number of aromatic nitrogens is 2. The Kier molecular flexibility index (Phi) is 5.91. The zero-order valence-corrected chi connectivity index (χ0v) is 18.6. The quantitative estimate of drug-likeness (QED) is 0.325. The molecule has 7 nitrogen and oxygen atoms in total. The number of halogens is 1. The predicted octanol–water partition coefficient (Wildman–Crippen LogP) is 4.71. The smallest absolute Gasteiger partial charge is 0.297 e. The van der Waals surface area contributed by atoms with Crippen LogP contribution in [-0.4, -0.2) is 33.9 Å². The van der Waals surface area contributed by atoms with Gasteiger partial charge in [-0.2, -0.15) is 0 Å². The van der Waals surface area contributed by atoms with E-state index in [0.717, 1.165) is 18.2 Å². The van der Waals surface area contributed by atoms with E-state index in [1.54, 1.807) is 28.8 Å². The fourth-order valence-corrected chi connectivity index (χ4v) is 4.78. The minimum absolute atomic E-state index is 0.0624. The molecule has 0 saturated carbocycles. The maximum Gasteiger partial charge on any atom is 0.297 e. The average Bonchev–Trinajstić information content (AvgIpc) is 3.44. The molecule has 1 aliphatic heterocycles. The van der Waals surface area contributed by atoms with Crippen molar-refractivity contribution in [2.45, 2.75) is 30.6 Å². The van der Waals surface area contributed by atoms with E-state index < -0.39 is 0 Å². The highest BCUT2D eigenvalue weighted by atomic mass is 35.5. The van der Waals surface area contributed by atoms with Gasteiger partial charge in [-0.25, -0.2) is 4.98 Å². The maximum absolute atomic E-state index is 13.3. The summed E-state index contributed by atoms with van der Waals surface area (Å²) in [6, 6.07) is 14.5. The second-order valence-electron chi connectivity index (χ2n) is 7.54. The Balaban J connectivity index is 1.48. The third kappa shape index (κ3) is 4.13. The van der Waals surface area contributed by atoms with Crippen LogP contribution in [0.3, 0.4) is 0 Å². The number of amides is 1. The van der Waals surface area contributed by atoms with Gasteiger partial charge in [0.05, 0.1) is 29.1 Å². The largest absolute Gasteiger partial charge is 0.448 e. The van der Waals surface area contributed by atoms with Gasteiger partial charge in [-0.05, 0) is 37.1 Å². The number of hydrogen-bond donors (Lipinski definition) is 1. The molecule has 9 heteroatoms. The molecule has 4 aromatic rings. The molecule has 1 fully saturated rings. The number of benzene rings is 2. The molecule has 164 valence electrons. The van der Waals surface area contributed by atoms with Gasteiger partial charge in [0.15, 0.2) is 5.16 Å². The molecule has 0 aliphatic carbocycles. The molecular weight excluding hydrogens is 450 g/mol. The molecule has 2 aromatic carbocycles. The number of furan rings is 1. The second-order valence-corrected chi connectivity index (χ2v) is 8.89. The number of carbonyl (C=O) groups excluding carboxylic acids is 1. The van der Waals surface area contributed by atoms with Gasteiger partial charge in [0, 0.05) is 12.0 Å². The lowest BCUT2D eigenvalue weighted by atomic mass is 10.2. The van der Waals surface area contributed by atoms with Crippen LogP contribution in [0.1, 0.15) is 12.8 Å². The lowest BCUT2D eigenvalue weighted by Crippen LogP contribution is -2.29. The molecule has 1 saturated heterocycles. The molecule has 5 rings (SSSR count). The van der Waals surface area contributed by atoms with E-state index in [0.29, 0.717) is 40.1 Å². The van der Waals surface area contributed by atoms with Crippen LogP contribution in [0.15, 0.2) is 62.9 Å². The summed E-state index contributed by atoms with van der Waals surface area (Å²) in [4.78, 5) is 30.6. The Bertz CT molecular complexity index is 1360. The SMILES string of the molecule is O=C(CSc1nc2c(oc3ccccc32)c(=O)n1C[C@@H]1CCCO1)Nc1ccccc1Cl. The van der Waals surface area contributed by atoms with Crippen molar-refractivity contribution in [3.63, 3.8) is 0 Å². The fourth-order valence-electron chi connectivity index (χ4n) is 3.80. The Hall–Kier alpha value is -2.81. The van der Waals surface area contributed by atoms with Gasteiger partial charge in [-0.3, -0.25) is 14.2 Å². The normalized spacial score (nSPS) is 16.1. The number of carbonyl (C=O) groups is 1. The summed E-state index contributed by atoms with van der Waals surface area (Å²) in [5.41, 5.74) is 1.60. The molecule has 1 atom stereocenters. The van der Waals surface area contributed by atoms with Crippen LogP contribution in [0, 0.1) is 0 Å². The summed E-state index contributed by atoms with van der Waals surface area (Å²) in [6.45, 7) is 1.05. The van der Waals surface area contributed by atoms with Gasteiger partial charge < -0.3 is 14.5 Å². The van der Waals surface area contributed by atoms with E-state index in [1.807, 2.05) is 24.3 Å². The monoisotopic (exact) mass is 469 g/mol. The van der Waals surface area contributed by atoms with Gasteiger partial charge in [0.25, 0.3) is 5.56 Å². The number of ether oxygens (including phenoxy) is 1. The minimum Gasteiger partial charge on any atom is -0.448 e. The summed E-state index contributed by atoms with van der Waals surface area (Å²) >= 11 is 7.34. The van der Waals surface area contributed by atoms with Crippen molar-refractivity contribution in [3.8, 4) is 0 Å². The van der Waals surface area contributed by atoms with E-state index in [-0.39, 0.29) is 28.9 Å². The van der Waals surface area contributed by atoms with Gasteiger partial charge in [0.2, 0.25) is 11.5 Å². The Labute approximate surface area is 192 Å². The van der Waals surface area contributed by atoms with E-state index in [1.165, 1.54) is 11.8 Å². The molecule has 2 aromatic heterocycles. The third-order valence-electron chi connectivity index (χ3n) is 5.34.